The normalized spacial score (nSPS) is 10.1. The molecule has 0 spiro atoms. The van der Waals surface area contributed by atoms with Crippen molar-refractivity contribution in [1.29, 1.82) is 0 Å². The number of urea groups is 1. The van der Waals surface area contributed by atoms with Gasteiger partial charge in [-0.15, -0.1) is 0 Å². The second-order valence-electron chi connectivity index (χ2n) is 4.72. The molecule has 0 aliphatic carbocycles. The van der Waals surface area contributed by atoms with Crippen LogP contribution >= 0.6 is 0 Å². The van der Waals surface area contributed by atoms with Crippen LogP contribution in [0.25, 0.3) is 0 Å². The molecule has 0 fully saturated rings. The zero-order valence-electron chi connectivity index (χ0n) is 11.8. The predicted octanol–water partition coefficient (Wildman–Crippen LogP) is 3.40. The summed E-state index contributed by atoms with van der Waals surface area (Å²) >= 11 is 0. The Morgan fingerprint density at radius 2 is 1.95 bits per heavy atom. The van der Waals surface area contributed by atoms with Crippen molar-refractivity contribution in [2.75, 3.05) is 12.4 Å². The van der Waals surface area contributed by atoms with Gasteiger partial charge in [-0.3, -0.25) is 10.1 Å². The Morgan fingerprint density at radius 1 is 1.27 bits per heavy atom. The lowest BCUT2D eigenvalue weighted by atomic mass is 10.2. The molecule has 0 saturated carbocycles. The van der Waals surface area contributed by atoms with E-state index in [-0.39, 0.29) is 18.0 Å². The number of rotatable bonds is 4. The van der Waals surface area contributed by atoms with E-state index >= 15 is 0 Å². The smallest absolute Gasteiger partial charge is 0.321 e. The minimum Gasteiger partial charge on any atom is -0.323 e. The van der Waals surface area contributed by atoms with Gasteiger partial charge in [0, 0.05) is 31.4 Å². The molecule has 1 N–H and O–H groups in total. The summed E-state index contributed by atoms with van der Waals surface area (Å²) in [5.74, 6) is -0.360. The number of benzene rings is 2. The molecule has 0 aromatic heterocycles. The number of carbonyl (C=O) groups is 1. The number of halogens is 1. The fraction of sp³-hybridized carbons (Fsp3) is 0.133. The number of anilines is 1. The van der Waals surface area contributed by atoms with Crippen molar-refractivity contribution < 1.29 is 14.1 Å². The van der Waals surface area contributed by atoms with Crippen molar-refractivity contribution in [2.45, 2.75) is 6.54 Å². The van der Waals surface area contributed by atoms with Gasteiger partial charge in [-0.1, -0.05) is 12.1 Å². The number of nitrogens with zero attached hydrogens (tertiary/aromatic N) is 2. The van der Waals surface area contributed by atoms with Crippen LogP contribution in [-0.2, 0) is 6.54 Å². The van der Waals surface area contributed by atoms with E-state index in [2.05, 4.69) is 5.32 Å². The third-order valence-electron chi connectivity index (χ3n) is 2.98. The molecule has 6 nitrogen and oxygen atoms in total. The van der Waals surface area contributed by atoms with E-state index in [4.69, 9.17) is 0 Å². The third-order valence-corrected chi connectivity index (χ3v) is 2.98. The molecule has 2 amide bonds. The highest BCUT2D eigenvalue weighted by Crippen LogP contribution is 2.16. The van der Waals surface area contributed by atoms with Gasteiger partial charge in [0.05, 0.1) is 4.92 Å². The van der Waals surface area contributed by atoms with Gasteiger partial charge >= 0.3 is 6.03 Å². The first-order chi connectivity index (χ1) is 10.5. The van der Waals surface area contributed by atoms with Gasteiger partial charge in [-0.05, 0) is 29.8 Å². The molecule has 0 heterocycles. The Hall–Kier alpha value is -2.96. The minimum atomic E-state index is -0.512. The van der Waals surface area contributed by atoms with Crippen LogP contribution in [0.4, 0.5) is 20.6 Å². The Balaban J connectivity index is 1.97. The van der Waals surface area contributed by atoms with Gasteiger partial charge in [0.15, 0.2) is 0 Å². The first-order valence-electron chi connectivity index (χ1n) is 6.47. The van der Waals surface area contributed by atoms with Gasteiger partial charge in [0.25, 0.3) is 5.69 Å². The largest absolute Gasteiger partial charge is 0.323 e. The summed E-state index contributed by atoms with van der Waals surface area (Å²) in [6.07, 6.45) is 0. The predicted molar refractivity (Wildman–Crippen MR) is 80.0 cm³/mol. The quantitative estimate of drug-likeness (QED) is 0.694. The van der Waals surface area contributed by atoms with Crippen LogP contribution in [-0.4, -0.2) is 22.9 Å². The second kappa shape index (κ2) is 6.66. The summed E-state index contributed by atoms with van der Waals surface area (Å²) in [5, 5.41) is 13.2. The summed E-state index contributed by atoms with van der Waals surface area (Å²) in [4.78, 5) is 23.4. The zero-order chi connectivity index (χ0) is 16.1. The van der Waals surface area contributed by atoms with Crippen LogP contribution in [0.1, 0.15) is 5.56 Å². The van der Waals surface area contributed by atoms with E-state index in [1.54, 1.807) is 19.2 Å². The Morgan fingerprint density at radius 3 is 2.55 bits per heavy atom. The zero-order valence-corrected chi connectivity index (χ0v) is 11.8. The molecule has 0 saturated heterocycles. The molecule has 2 aromatic rings. The van der Waals surface area contributed by atoms with Crippen LogP contribution in [0.3, 0.4) is 0 Å². The molecule has 2 rings (SSSR count). The van der Waals surface area contributed by atoms with Crippen LogP contribution in [0.5, 0.6) is 0 Å². The molecular formula is C15H14FN3O3. The highest BCUT2D eigenvalue weighted by atomic mass is 19.1. The number of nitro benzene ring substituents is 1. The molecule has 0 aliphatic rings. The van der Waals surface area contributed by atoms with Crippen molar-refractivity contribution in [3.8, 4) is 0 Å². The van der Waals surface area contributed by atoms with Gasteiger partial charge in [-0.25, -0.2) is 9.18 Å². The number of nitro groups is 1. The lowest BCUT2D eigenvalue weighted by Crippen LogP contribution is -2.30. The molecule has 22 heavy (non-hydrogen) atoms. The average molecular weight is 303 g/mol. The van der Waals surface area contributed by atoms with Gasteiger partial charge in [-0.2, -0.15) is 0 Å². The Labute approximate surface area is 126 Å². The summed E-state index contributed by atoms with van der Waals surface area (Å²) in [6.45, 7) is 0.247. The molecule has 2 aromatic carbocycles. The van der Waals surface area contributed by atoms with Crippen molar-refractivity contribution in [2.24, 2.45) is 0 Å². The standard InChI is InChI=1S/C15H14FN3O3/c1-18(10-11-3-2-4-12(16)9-11)15(20)17-13-5-7-14(8-6-13)19(21)22/h2-9H,10H2,1H3,(H,17,20). The summed E-state index contributed by atoms with van der Waals surface area (Å²) in [7, 11) is 1.58. The molecule has 114 valence electrons. The highest BCUT2D eigenvalue weighted by molar-refractivity contribution is 5.89. The SMILES string of the molecule is CN(Cc1cccc(F)c1)C(=O)Nc1ccc([N+](=O)[O-])cc1. The lowest BCUT2D eigenvalue weighted by molar-refractivity contribution is -0.384. The number of nitrogens with one attached hydrogen (secondary N) is 1. The fourth-order valence-corrected chi connectivity index (χ4v) is 1.87. The average Bonchev–Trinajstić information content (AvgIpc) is 2.47. The molecule has 0 radical (unpaired) electrons. The van der Waals surface area contributed by atoms with Gasteiger partial charge < -0.3 is 10.2 Å². The molecule has 0 bridgehead atoms. The fourth-order valence-electron chi connectivity index (χ4n) is 1.87. The maximum atomic E-state index is 13.1. The molecule has 0 aliphatic heterocycles. The topological polar surface area (TPSA) is 75.5 Å². The first kappa shape index (κ1) is 15.4. The monoisotopic (exact) mass is 303 g/mol. The van der Waals surface area contributed by atoms with Crippen LogP contribution in [0, 0.1) is 15.9 Å². The van der Waals surface area contributed by atoms with Crippen molar-refractivity contribution in [1.82, 2.24) is 4.90 Å². The summed E-state index contributed by atoms with van der Waals surface area (Å²) < 4.78 is 13.1. The number of non-ortho nitro benzene ring substituents is 1. The minimum absolute atomic E-state index is 0.0499. The van der Waals surface area contributed by atoms with Crippen molar-refractivity contribution in [3.63, 3.8) is 0 Å². The second-order valence-corrected chi connectivity index (χ2v) is 4.72. The molecular weight excluding hydrogens is 289 g/mol. The van der Waals surface area contributed by atoms with Crippen molar-refractivity contribution in [3.05, 3.63) is 70.0 Å². The summed E-state index contributed by atoms with van der Waals surface area (Å²) in [5.41, 5.74) is 1.06. The molecule has 0 unspecified atom stereocenters. The maximum Gasteiger partial charge on any atom is 0.321 e. The first-order valence-corrected chi connectivity index (χ1v) is 6.47. The van der Waals surface area contributed by atoms with E-state index in [9.17, 15) is 19.3 Å². The van der Waals surface area contributed by atoms with Gasteiger partial charge in [0.1, 0.15) is 5.82 Å². The van der Waals surface area contributed by atoms with E-state index < -0.39 is 11.0 Å². The summed E-state index contributed by atoms with van der Waals surface area (Å²) in [6, 6.07) is 11.1. The van der Waals surface area contributed by atoms with E-state index in [0.717, 1.165) is 0 Å². The van der Waals surface area contributed by atoms with Crippen LogP contribution in [0.2, 0.25) is 0 Å². The number of hydrogen-bond acceptors (Lipinski definition) is 3. The molecule has 7 heteroatoms. The number of amides is 2. The third kappa shape index (κ3) is 4.02. The highest BCUT2D eigenvalue weighted by Gasteiger charge is 2.11. The lowest BCUT2D eigenvalue weighted by Gasteiger charge is -2.18. The number of hydrogen-bond donors (Lipinski definition) is 1. The van der Waals surface area contributed by atoms with Gasteiger partial charge in [0.2, 0.25) is 0 Å². The Kier molecular flexibility index (Phi) is 4.67. The van der Waals surface area contributed by atoms with Crippen LogP contribution in [0.15, 0.2) is 48.5 Å². The van der Waals surface area contributed by atoms with E-state index in [1.807, 2.05) is 0 Å². The van der Waals surface area contributed by atoms with Crippen molar-refractivity contribution >= 4 is 17.4 Å². The van der Waals surface area contributed by atoms with E-state index in [1.165, 1.54) is 41.3 Å². The maximum absolute atomic E-state index is 13.1. The van der Waals surface area contributed by atoms with E-state index in [0.29, 0.717) is 11.3 Å². The number of carbonyl (C=O) groups excluding carboxylic acids is 1. The Bertz CT molecular complexity index is 689. The van der Waals surface area contributed by atoms with Crippen LogP contribution < -0.4 is 5.32 Å². The molecule has 0 atom stereocenters.